The summed E-state index contributed by atoms with van der Waals surface area (Å²) in [7, 11) is 0. The fourth-order valence-electron chi connectivity index (χ4n) is 2.36. The number of alkyl halides is 1. The van der Waals surface area contributed by atoms with Crippen molar-refractivity contribution in [3.8, 4) is 5.75 Å². The Morgan fingerprint density at radius 2 is 2.32 bits per heavy atom. The molecule has 1 aromatic carbocycles. The van der Waals surface area contributed by atoms with Gasteiger partial charge in [0.25, 0.3) is 0 Å². The zero-order valence-electron chi connectivity index (χ0n) is 11.4. The summed E-state index contributed by atoms with van der Waals surface area (Å²) in [5, 5.41) is -0.133. The van der Waals surface area contributed by atoms with E-state index >= 15 is 0 Å². The Balaban J connectivity index is 2.14. The summed E-state index contributed by atoms with van der Waals surface area (Å²) in [5.74, 6) is 0.868. The van der Waals surface area contributed by atoms with Crippen LogP contribution in [0, 0.1) is 0 Å². The number of rotatable bonds is 5. The normalized spacial score (nSPS) is 24.4. The molecule has 0 bridgehead atoms. The average Bonchev–Trinajstić information content (AvgIpc) is 2.84. The maximum atomic E-state index is 6.60. The highest BCUT2D eigenvalue weighted by atomic mass is 79.9. The van der Waals surface area contributed by atoms with E-state index in [-0.39, 0.29) is 11.0 Å². The molecule has 2 nitrogen and oxygen atoms in total. The summed E-state index contributed by atoms with van der Waals surface area (Å²) in [6.45, 7) is 5.71. The van der Waals surface area contributed by atoms with Crippen molar-refractivity contribution in [2.45, 2.75) is 44.1 Å². The van der Waals surface area contributed by atoms with Crippen LogP contribution in [0.5, 0.6) is 5.75 Å². The molecule has 106 valence electrons. The Hall–Kier alpha value is -0.250. The Morgan fingerprint density at radius 1 is 1.53 bits per heavy atom. The zero-order chi connectivity index (χ0) is 13.9. The van der Waals surface area contributed by atoms with Gasteiger partial charge in [-0.1, -0.05) is 13.0 Å². The van der Waals surface area contributed by atoms with Gasteiger partial charge >= 0.3 is 0 Å². The average molecular weight is 348 g/mol. The van der Waals surface area contributed by atoms with Crippen LogP contribution in [0.15, 0.2) is 22.7 Å². The smallest absolute Gasteiger partial charge is 0.133 e. The minimum Gasteiger partial charge on any atom is -0.492 e. The molecular formula is C15H20BrClO2. The molecule has 1 aliphatic rings. The largest absolute Gasteiger partial charge is 0.492 e. The third-order valence-electron chi connectivity index (χ3n) is 3.50. The lowest BCUT2D eigenvalue weighted by molar-refractivity contribution is 0.0164. The van der Waals surface area contributed by atoms with Crippen molar-refractivity contribution in [3.63, 3.8) is 0 Å². The summed E-state index contributed by atoms with van der Waals surface area (Å²) in [4.78, 5) is 0. The number of halogens is 2. The van der Waals surface area contributed by atoms with E-state index in [9.17, 15) is 0 Å². The second kappa shape index (κ2) is 6.47. The number of ether oxygens (including phenoxy) is 2. The van der Waals surface area contributed by atoms with Gasteiger partial charge in [0.05, 0.1) is 22.1 Å². The molecule has 0 amide bonds. The lowest BCUT2D eigenvalue weighted by atomic mass is 9.93. The molecule has 0 aromatic heterocycles. The van der Waals surface area contributed by atoms with Gasteiger partial charge in [0.15, 0.2) is 0 Å². The van der Waals surface area contributed by atoms with Gasteiger partial charge in [0.2, 0.25) is 0 Å². The first-order chi connectivity index (χ1) is 9.07. The van der Waals surface area contributed by atoms with Crippen molar-refractivity contribution in [2.75, 3.05) is 13.2 Å². The van der Waals surface area contributed by atoms with Crippen LogP contribution in [-0.2, 0) is 4.74 Å². The maximum absolute atomic E-state index is 6.60. The van der Waals surface area contributed by atoms with Crippen LogP contribution >= 0.6 is 27.5 Å². The molecule has 0 radical (unpaired) electrons. The summed E-state index contributed by atoms with van der Waals surface area (Å²) in [6, 6.07) is 6.04. The first-order valence-electron chi connectivity index (χ1n) is 6.77. The van der Waals surface area contributed by atoms with Gasteiger partial charge in [0.1, 0.15) is 5.75 Å². The van der Waals surface area contributed by atoms with Gasteiger partial charge in [-0.05, 0) is 59.8 Å². The highest BCUT2D eigenvalue weighted by molar-refractivity contribution is 9.10. The fourth-order valence-corrected chi connectivity index (χ4v) is 3.18. The second-order valence-corrected chi connectivity index (χ2v) is 6.46. The van der Waals surface area contributed by atoms with Crippen LogP contribution < -0.4 is 4.74 Å². The maximum Gasteiger partial charge on any atom is 0.133 e. The van der Waals surface area contributed by atoms with Gasteiger partial charge in [-0.3, -0.25) is 0 Å². The van der Waals surface area contributed by atoms with Crippen molar-refractivity contribution < 1.29 is 9.47 Å². The van der Waals surface area contributed by atoms with Crippen molar-refractivity contribution in [3.05, 3.63) is 28.2 Å². The number of hydrogen-bond donors (Lipinski definition) is 0. The molecule has 0 saturated carbocycles. The van der Waals surface area contributed by atoms with E-state index < -0.39 is 0 Å². The summed E-state index contributed by atoms with van der Waals surface area (Å²) >= 11 is 10.1. The molecule has 1 heterocycles. The van der Waals surface area contributed by atoms with E-state index in [1.165, 1.54) is 0 Å². The zero-order valence-corrected chi connectivity index (χ0v) is 13.8. The minimum absolute atomic E-state index is 0.133. The lowest BCUT2D eigenvalue weighted by Gasteiger charge is -2.29. The van der Waals surface area contributed by atoms with Crippen molar-refractivity contribution in [1.82, 2.24) is 0 Å². The molecule has 0 N–H and O–H groups in total. The molecule has 2 rings (SSSR count). The molecule has 1 fully saturated rings. The SMILES string of the molecule is CCCOc1ccc(C(Cl)C2(C)CCCO2)cc1Br. The van der Waals surface area contributed by atoms with Crippen LogP contribution in [0.2, 0.25) is 0 Å². The first-order valence-corrected chi connectivity index (χ1v) is 8.00. The highest BCUT2D eigenvalue weighted by Gasteiger charge is 2.38. The topological polar surface area (TPSA) is 18.5 Å². The highest BCUT2D eigenvalue weighted by Crippen LogP contribution is 2.43. The molecule has 19 heavy (non-hydrogen) atoms. The molecule has 0 spiro atoms. The van der Waals surface area contributed by atoms with Crippen LogP contribution in [0.1, 0.15) is 44.1 Å². The van der Waals surface area contributed by atoms with Crippen LogP contribution in [0.3, 0.4) is 0 Å². The van der Waals surface area contributed by atoms with Crippen LogP contribution in [-0.4, -0.2) is 18.8 Å². The van der Waals surface area contributed by atoms with Gasteiger partial charge in [-0.15, -0.1) is 11.6 Å². The third-order valence-corrected chi connectivity index (χ3v) is 4.83. The Bertz CT molecular complexity index is 430. The Morgan fingerprint density at radius 3 is 2.89 bits per heavy atom. The molecule has 4 heteroatoms. The molecule has 1 aliphatic heterocycles. The van der Waals surface area contributed by atoms with Gasteiger partial charge in [-0.25, -0.2) is 0 Å². The second-order valence-electron chi connectivity index (χ2n) is 5.17. The van der Waals surface area contributed by atoms with E-state index in [4.69, 9.17) is 21.1 Å². The Labute approximate surface area is 128 Å². The molecular weight excluding hydrogens is 328 g/mol. The molecule has 1 saturated heterocycles. The van der Waals surface area contributed by atoms with Crippen molar-refractivity contribution in [1.29, 1.82) is 0 Å². The Kier molecular flexibility index (Phi) is 5.15. The van der Waals surface area contributed by atoms with E-state index in [0.29, 0.717) is 0 Å². The van der Waals surface area contributed by atoms with Gasteiger partial charge in [0, 0.05) is 6.61 Å². The molecule has 1 aromatic rings. The van der Waals surface area contributed by atoms with E-state index in [2.05, 4.69) is 29.8 Å². The summed E-state index contributed by atoms with van der Waals surface area (Å²) in [5.41, 5.74) is 0.814. The standard InChI is InChI=1S/C15H20BrClO2/c1-3-8-18-13-6-5-11(10-12(13)16)14(17)15(2)7-4-9-19-15/h5-6,10,14H,3-4,7-9H2,1-2H3. The van der Waals surface area contributed by atoms with E-state index in [1.807, 2.05) is 18.2 Å². The van der Waals surface area contributed by atoms with Crippen LogP contribution in [0.25, 0.3) is 0 Å². The number of hydrogen-bond acceptors (Lipinski definition) is 2. The van der Waals surface area contributed by atoms with E-state index in [1.54, 1.807) is 0 Å². The van der Waals surface area contributed by atoms with E-state index in [0.717, 1.165) is 48.3 Å². The minimum atomic E-state index is -0.257. The summed E-state index contributed by atoms with van der Waals surface area (Å²) in [6.07, 6.45) is 3.09. The third kappa shape index (κ3) is 3.45. The summed E-state index contributed by atoms with van der Waals surface area (Å²) < 4.78 is 12.4. The molecule has 0 aliphatic carbocycles. The van der Waals surface area contributed by atoms with Gasteiger partial charge in [-0.2, -0.15) is 0 Å². The number of benzene rings is 1. The van der Waals surface area contributed by atoms with Crippen molar-refractivity contribution in [2.24, 2.45) is 0 Å². The first kappa shape index (κ1) is 15.1. The van der Waals surface area contributed by atoms with Crippen molar-refractivity contribution >= 4 is 27.5 Å². The van der Waals surface area contributed by atoms with Gasteiger partial charge < -0.3 is 9.47 Å². The molecule has 2 atom stereocenters. The fraction of sp³-hybridized carbons (Fsp3) is 0.600. The lowest BCUT2D eigenvalue weighted by Crippen LogP contribution is -2.28. The predicted octanol–water partition coefficient (Wildman–Crippen LogP) is 5.09. The van der Waals surface area contributed by atoms with Crippen LogP contribution in [0.4, 0.5) is 0 Å². The predicted molar refractivity (Wildman–Crippen MR) is 82.1 cm³/mol. The molecule has 2 unspecified atom stereocenters. The quantitative estimate of drug-likeness (QED) is 0.691. The monoisotopic (exact) mass is 346 g/mol.